The number of amides is 1. The first-order valence-electron chi connectivity index (χ1n) is 14.0. The molecule has 0 saturated carbocycles. The van der Waals surface area contributed by atoms with Crippen LogP contribution >= 0.6 is 7.60 Å². The van der Waals surface area contributed by atoms with E-state index in [1.54, 1.807) is 18.2 Å². The number of rotatable bonds is 12. The quantitative estimate of drug-likeness (QED) is 0.167. The SMILES string of the molecule is CCC(CC)COC(=O)[C@H](C)[N+]#C[P@](=O)(OC[C@H]1O[C@@](C(N)=O)(c2ccc3c(N)ncnn23)[C@H](O)[C@@H]1O)Oc1ccccc1. The first-order valence-corrected chi connectivity index (χ1v) is 15.6. The summed E-state index contributed by atoms with van der Waals surface area (Å²) >= 11 is 0. The largest absolute Gasteiger partial charge is 0.530 e. The van der Waals surface area contributed by atoms with E-state index in [4.69, 9.17) is 30.0 Å². The zero-order valence-electron chi connectivity index (χ0n) is 24.5. The molecule has 4 rings (SSSR count). The van der Waals surface area contributed by atoms with E-state index in [1.165, 1.54) is 35.7 Å². The van der Waals surface area contributed by atoms with Gasteiger partial charge in [0.2, 0.25) is 5.60 Å². The maximum atomic E-state index is 13.8. The van der Waals surface area contributed by atoms with Gasteiger partial charge in [0.05, 0.1) is 18.9 Å². The van der Waals surface area contributed by atoms with Gasteiger partial charge in [0.1, 0.15) is 35.9 Å². The number of nitrogens with zero attached hydrogens (tertiary/aromatic N) is 4. The Morgan fingerprint density at radius 3 is 2.57 bits per heavy atom. The van der Waals surface area contributed by atoms with Crippen LogP contribution in [-0.4, -0.2) is 74.3 Å². The highest BCUT2D eigenvalue weighted by Gasteiger charge is 2.61. The molecule has 6 atom stereocenters. The summed E-state index contributed by atoms with van der Waals surface area (Å²) in [6.07, 6.45) is -2.27. The number of nitrogen functional groups attached to an aromatic ring is 1. The van der Waals surface area contributed by atoms with E-state index in [0.29, 0.717) is 5.52 Å². The number of anilines is 1. The highest BCUT2D eigenvalue weighted by Crippen LogP contribution is 2.49. The van der Waals surface area contributed by atoms with E-state index in [2.05, 4.69) is 20.7 Å². The number of carbonyl (C=O) groups is 2. The molecule has 0 radical (unpaired) electrons. The molecule has 1 aliphatic heterocycles. The molecule has 0 aliphatic carbocycles. The third-order valence-electron chi connectivity index (χ3n) is 7.40. The second kappa shape index (κ2) is 13.7. The van der Waals surface area contributed by atoms with E-state index in [-0.39, 0.29) is 29.8 Å². The number of aliphatic hydroxyl groups excluding tert-OH is 2. The van der Waals surface area contributed by atoms with Crippen molar-refractivity contribution in [3.05, 3.63) is 59.3 Å². The number of ether oxygens (including phenoxy) is 2. The lowest BCUT2D eigenvalue weighted by atomic mass is 9.90. The molecule has 15 nitrogen and oxygen atoms in total. The minimum Gasteiger partial charge on any atom is -0.460 e. The first kappa shape index (κ1) is 32.8. The predicted molar refractivity (Wildman–Crippen MR) is 158 cm³/mol. The fraction of sp³-hybridized carbons (Fsp3) is 0.464. The fourth-order valence-corrected chi connectivity index (χ4v) is 5.86. The third kappa shape index (κ3) is 6.69. The fourth-order valence-electron chi connectivity index (χ4n) is 4.65. The Hall–Kier alpha value is -4.06. The molecule has 1 amide bonds. The number of aliphatic hydroxyl groups is 2. The van der Waals surface area contributed by atoms with Crippen molar-refractivity contribution in [2.24, 2.45) is 11.7 Å². The number of hydrogen-bond acceptors (Lipinski definition) is 12. The van der Waals surface area contributed by atoms with Gasteiger partial charge in [-0.1, -0.05) is 49.7 Å². The van der Waals surface area contributed by atoms with Gasteiger partial charge in [-0.25, -0.2) is 18.9 Å². The van der Waals surface area contributed by atoms with Crippen molar-refractivity contribution in [1.82, 2.24) is 14.6 Å². The van der Waals surface area contributed by atoms with Gasteiger partial charge in [-0.3, -0.25) is 9.32 Å². The number of nitrogens with two attached hydrogens (primary N) is 2. The van der Waals surface area contributed by atoms with Crippen LogP contribution in [0.3, 0.4) is 0 Å². The normalized spacial score (nSPS) is 23.5. The molecule has 44 heavy (non-hydrogen) atoms. The van der Waals surface area contributed by atoms with Crippen LogP contribution in [0.5, 0.6) is 5.75 Å². The molecule has 0 bridgehead atoms. The van der Waals surface area contributed by atoms with Crippen LogP contribution in [0.25, 0.3) is 10.4 Å². The van der Waals surface area contributed by atoms with E-state index < -0.39 is 56.0 Å². The molecule has 1 fully saturated rings. The minimum atomic E-state index is -4.41. The van der Waals surface area contributed by atoms with Crippen LogP contribution in [0.4, 0.5) is 5.82 Å². The molecule has 3 aromatic rings. The molecule has 1 aromatic carbocycles. The second-order valence-corrected chi connectivity index (χ2v) is 11.9. The lowest BCUT2D eigenvalue weighted by Crippen LogP contribution is -2.51. The van der Waals surface area contributed by atoms with Crippen LogP contribution < -0.4 is 16.0 Å². The van der Waals surface area contributed by atoms with Crippen LogP contribution in [0.2, 0.25) is 0 Å². The zero-order chi connectivity index (χ0) is 32.1. The average Bonchev–Trinajstić information content (AvgIpc) is 3.56. The summed E-state index contributed by atoms with van der Waals surface area (Å²) in [6.45, 7) is 4.97. The topological polar surface area (TPSA) is 215 Å². The van der Waals surface area contributed by atoms with E-state index in [0.717, 1.165) is 19.2 Å². The monoisotopic (exact) mass is 631 g/mol. The Labute approximate surface area is 253 Å². The number of para-hydroxylation sites is 1. The van der Waals surface area contributed by atoms with Crippen molar-refractivity contribution in [3.8, 4) is 11.6 Å². The number of esters is 1. The zero-order valence-corrected chi connectivity index (χ0v) is 25.4. The summed E-state index contributed by atoms with van der Waals surface area (Å²) in [4.78, 5) is 33.1. The van der Waals surface area contributed by atoms with Gasteiger partial charge >= 0.3 is 25.4 Å². The van der Waals surface area contributed by atoms with Crippen LogP contribution in [0.15, 0.2) is 48.8 Å². The van der Waals surface area contributed by atoms with Crippen molar-refractivity contribution >= 4 is 30.8 Å². The number of carbonyl (C=O) groups excluding carboxylic acids is 2. The number of benzene rings is 1. The number of primary amides is 1. The Balaban J connectivity index is 1.58. The summed E-state index contributed by atoms with van der Waals surface area (Å²) in [5.74, 6) is 0.936. The van der Waals surface area contributed by atoms with Crippen LogP contribution in [0, 0.1) is 11.7 Å². The van der Waals surface area contributed by atoms with Gasteiger partial charge < -0.3 is 35.7 Å². The molecule has 0 spiro atoms. The molecule has 2 aromatic heterocycles. The number of aromatic nitrogens is 3. The van der Waals surface area contributed by atoms with Crippen molar-refractivity contribution in [2.75, 3.05) is 18.9 Å². The van der Waals surface area contributed by atoms with Gasteiger partial charge in [0.15, 0.2) is 5.82 Å². The summed E-state index contributed by atoms with van der Waals surface area (Å²) in [6, 6.07) is 9.81. The lowest BCUT2D eigenvalue weighted by molar-refractivity contribution is -0.155. The molecule has 6 N–H and O–H groups in total. The second-order valence-electron chi connectivity index (χ2n) is 10.3. The van der Waals surface area contributed by atoms with Crippen LogP contribution in [0.1, 0.15) is 39.3 Å². The standard InChI is InChI=1S/C28H35N6O9P/c1-4-18(5-2)13-40-26(37)17(3)32-16-44(39,43-19-9-7-6-8-10-19)41-14-21-23(35)24(36)28(42-21,27(30)38)22-12-11-20-25(29)31-15-33-34(20)22/h6-12,15,17-18,21,23-24,35-36H,4-5,13-14H2,1-3H3,(H3-,29,30,31,33,38)/p+1/t17-,21+,23+,24+,28-,44-/m0/s1. The first-order chi connectivity index (χ1) is 21.0. The highest BCUT2D eigenvalue weighted by atomic mass is 31.2. The average molecular weight is 632 g/mol. The molecule has 0 unspecified atom stereocenters. The van der Waals surface area contributed by atoms with Crippen LogP contribution in [-0.2, 0) is 33.8 Å². The number of hydrogen-bond donors (Lipinski definition) is 4. The summed E-state index contributed by atoms with van der Waals surface area (Å²) in [5.41, 5.74) is 9.58. The number of fused-ring (bicyclic) bond motifs is 1. The third-order valence-corrected chi connectivity index (χ3v) is 8.70. The maximum Gasteiger partial charge on any atom is 0.530 e. The summed E-state index contributed by atoms with van der Waals surface area (Å²) in [7, 11) is -4.41. The Morgan fingerprint density at radius 2 is 1.91 bits per heavy atom. The summed E-state index contributed by atoms with van der Waals surface area (Å²) < 4.78 is 37.4. The Bertz CT molecular complexity index is 1590. The van der Waals surface area contributed by atoms with Crippen molar-refractivity contribution in [1.29, 1.82) is 0 Å². The summed E-state index contributed by atoms with van der Waals surface area (Å²) in [5, 5.41) is 26.1. The smallest absolute Gasteiger partial charge is 0.460 e. The van der Waals surface area contributed by atoms with Crippen molar-refractivity contribution in [3.63, 3.8) is 0 Å². The highest BCUT2D eigenvalue weighted by molar-refractivity contribution is 7.59. The Kier molecular flexibility index (Phi) is 10.2. The maximum absolute atomic E-state index is 13.8. The molecule has 1 aliphatic rings. The molecule has 236 valence electrons. The Morgan fingerprint density at radius 1 is 1.20 bits per heavy atom. The molecule has 1 saturated heterocycles. The van der Waals surface area contributed by atoms with E-state index in [1.807, 2.05) is 13.8 Å². The van der Waals surface area contributed by atoms with E-state index in [9.17, 15) is 24.4 Å². The molecular formula is C28H36N6O9P+. The molecule has 16 heteroatoms. The van der Waals surface area contributed by atoms with Gasteiger partial charge in [0.25, 0.3) is 5.91 Å². The molecular weight excluding hydrogens is 595 g/mol. The van der Waals surface area contributed by atoms with Crippen molar-refractivity contribution in [2.45, 2.75) is 63.6 Å². The molecule has 3 heterocycles. The predicted octanol–water partition coefficient (Wildman–Crippen LogP) is 2.06. The van der Waals surface area contributed by atoms with Gasteiger partial charge in [-0.15, -0.1) is 0 Å². The van der Waals surface area contributed by atoms with Gasteiger partial charge in [-0.05, 0) is 30.2 Å². The van der Waals surface area contributed by atoms with E-state index >= 15 is 0 Å². The van der Waals surface area contributed by atoms with Gasteiger partial charge in [-0.2, -0.15) is 5.10 Å². The van der Waals surface area contributed by atoms with Crippen molar-refractivity contribution < 1.29 is 42.9 Å². The minimum absolute atomic E-state index is 0.0271. The lowest BCUT2D eigenvalue weighted by Gasteiger charge is -2.28. The van der Waals surface area contributed by atoms with Gasteiger partial charge in [0, 0.05) is 6.92 Å².